The SMILES string of the molecule is O=C(c1cccc(Cl)c1)c1cccc2c1NCCN2C(=O)OCc1ccccc1. The third-order valence-electron chi connectivity index (χ3n) is 4.73. The quantitative estimate of drug-likeness (QED) is 0.609. The average Bonchev–Trinajstić information content (AvgIpc) is 2.77. The first-order valence-electron chi connectivity index (χ1n) is 9.29. The van der Waals surface area contributed by atoms with E-state index in [2.05, 4.69) is 5.32 Å². The van der Waals surface area contributed by atoms with Crippen molar-refractivity contribution in [1.29, 1.82) is 0 Å². The van der Waals surface area contributed by atoms with Crippen LogP contribution in [0, 0.1) is 0 Å². The highest BCUT2D eigenvalue weighted by Crippen LogP contribution is 2.34. The van der Waals surface area contributed by atoms with Crippen molar-refractivity contribution in [1.82, 2.24) is 0 Å². The van der Waals surface area contributed by atoms with Gasteiger partial charge in [-0.05, 0) is 29.8 Å². The van der Waals surface area contributed by atoms with E-state index in [9.17, 15) is 9.59 Å². The van der Waals surface area contributed by atoms with Gasteiger partial charge in [0.1, 0.15) is 6.61 Å². The summed E-state index contributed by atoms with van der Waals surface area (Å²) in [5.41, 5.74) is 3.16. The molecule has 6 heteroatoms. The fourth-order valence-corrected chi connectivity index (χ4v) is 3.52. The number of ketones is 1. The molecule has 0 saturated carbocycles. The Bertz CT molecular complexity index is 1050. The molecule has 0 atom stereocenters. The van der Waals surface area contributed by atoms with Crippen LogP contribution in [-0.2, 0) is 11.3 Å². The summed E-state index contributed by atoms with van der Waals surface area (Å²) in [6.45, 7) is 1.17. The highest BCUT2D eigenvalue weighted by atomic mass is 35.5. The number of amides is 1. The number of fused-ring (bicyclic) bond motifs is 1. The lowest BCUT2D eigenvalue weighted by atomic mass is 9.99. The summed E-state index contributed by atoms with van der Waals surface area (Å²) >= 11 is 6.03. The molecule has 146 valence electrons. The van der Waals surface area contributed by atoms with E-state index in [1.807, 2.05) is 30.3 Å². The number of para-hydroxylation sites is 1. The topological polar surface area (TPSA) is 58.6 Å². The van der Waals surface area contributed by atoms with Crippen molar-refractivity contribution >= 4 is 34.9 Å². The van der Waals surface area contributed by atoms with Crippen LogP contribution in [0.4, 0.5) is 16.2 Å². The van der Waals surface area contributed by atoms with Gasteiger partial charge in [0.15, 0.2) is 5.78 Å². The Morgan fingerprint density at radius 1 is 1.00 bits per heavy atom. The van der Waals surface area contributed by atoms with E-state index < -0.39 is 6.09 Å². The number of hydrogen-bond donors (Lipinski definition) is 1. The molecule has 0 unspecified atom stereocenters. The monoisotopic (exact) mass is 406 g/mol. The largest absolute Gasteiger partial charge is 0.444 e. The van der Waals surface area contributed by atoms with Crippen LogP contribution in [0.2, 0.25) is 5.02 Å². The zero-order valence-corrected chi connectivity index (χ0v) is 16.4. The first-order valence-corrected chi connectivity index (χ1v) is 9.66. The Morgan fingerprint density at radius 2 is 1.79 bits per heavy atom. The number of nitrogens with one attached hydrogen (secondary N) is 1. The number of anilines is 2. The Morgan fingerprint density at radius 3 is 2.59 bits per heavy atom. The van der Waals surface area contributed by atoms with Gasteiger partial charge in [-0.25, -0.2) is 4.79 Å². The fraction of sp³-hybridized carbons (Fsp3) is 0.130. The summed E-state index contributed by atoms with van der Waals surface area (Å²) in [6, 6.07) is 21.7. The lowest BCUT2D eigenvalue weighted by Crippen LogP contribution is -2.39. The molecule has 1 heterocycles. The number of nitrogens with zero attached hydrogens (tertiary/aromatic N) is 1. The minimum absolute atomic E-state index is 0.156. The van der Waals surface area contributed by atoms with E-state index in [-0.39, 0.29) is 12.4 Å². The third-order valence-corrected chi connectivity index (χ3v) is 4.96. The Kier molecular flexibility index (Phi) is 5.49. The maximum atomic E-state index is 13.0. The molecule has 1 amide bonds. The number of rotatable bonds is 4. The van der Waals surface area contributed by atoms with Gasteiger partial charge in [0, 0.05) is 29.2 Å². The van der Waals surface area contributed by atoms with E-state index in [4.69, 9.17) is 16.3 Å². The van der Waals surface area contributed by atoms with Crippen molar-refractivity contribution in [3.63, 3.8) is 0 Å². The molecular weight excluding hydrogens is 388 g/mol. The molecule has 0 radical (unpaired) electrons. The van der Waals surface area contributed by atoms with E-state index in [0.29, 0.717) is 40.6 Å². The number of benzene rings is 3. The van der Waals surface area contributed by atoms with E-state index >= 15 is 0 Å². The van der Waals surface area contributed by atoms with Gasteiger partial charge >= 0.3 is 6.09 Å². The molecule has 4 rings (SSSR count). The van der Waals surface area contributed by atoms with Crippen LogP contribution in [0.25, 0.3) is 0 Å². The molecule has 29 heavy (non-hydrogen) atoms. The van der Waals surface area contributed by atoms with Crippen LogP contribution in [-0.4, -0.2) is 25.0 Å². The van der Waals surface area contributed by atoms with Gasteiger partial charge in [-0.2, -0.15) is 0 Å². The van der Waals surface area contributed by atoms with Gasteiger partial charge < -0.3 is 10.1 Å². The van der Waals surface area contributed by atoms with Gasteiger partial charge in [0.25, 0.3) is 0 Å². The zero-order valence-electron chi connectivity index (χ0n) is 15.6. The first-order chi connectivity index (χ1) is 14.1. The molecule has 0 saturated heterocycles. The fourth-order valence-electron chi connectivity index (χ4n) is 3.33. The van der Waals surface area contributed by atoms with E-state index in [0.717, 1.165) is 5.56 Å². The lowest BCUT2D eigenvalue weighted by molar-refractivity contribution is 0.103. The van der Waals surface area contributed by atoms with Crippen LogP contribution < -0.4 is 10.2 Å². The summed E-state index contributed by atoms with van der Waals surface area (Å²) in [4.78, 5) is 27.3. The van der Waals surface area contributed by atoms with Crippen LogP contribution in [0.5, 0.6) is 0 Å². The summed E-state index contributed by atoms with van der Waals surface area (Å²) in [5, 5.41) is 3.75. The summed E-state index contributed by atoms with van der Waals surface area (Å²) in [5.74, 6) is -0.156. The smallest absolute Gasteiger partial charge is 0.414 e. The van der Waals surface area contributed by atoms with Crippen molar-refractivity contribution in [3.8, 4) is 0 Å². The van der Waals surface area contributed by atoms with Crippen molar-refractivity contribution in [3.05, 3.63) is 94.5 Å². The van der Waals surface area contributed by atoms with Crippen molar-refractivity contribution in [2.75, 3.05) is 23.3 Å². The van der Waals surface area contributed by atoms with Crippen LogP contribution in [0.1, 0.15) is 21.5 Å². The molecule has 0 spiro atoms. The predicted molar refractivity (Wildman–Crippen MR) is 114 cm³/mol. The summed E-state index contributed by atoms with van der Waals surface area (Å²) in [6.07, 6.45) is -0.441. The number of halogens is 1. The number of carbonyl (C=O) groups excluding carboxylic acids is 2. The van der Waals surface area contributed by atoms with Gasteiger partial charge in [0.05, 0.1) is 11.4 Å². The first kappa shape index (κ1) is 19.0. The van der Waals surface area contributed by atoms with Gasteiger partial charge in [-0.15, -0.1) is 0 Å². The highest BCUT2D eigenvalue weighted by Gasteiger charge is 2.27. The third kappa shape index (κ3) is 4.10. The molecule has 5 nitrogen and oxygen atoms in total. The van der Waals surface area contributed by atoms with Crippen molar-refractivity contribution < 1.29 is 14.3 Å². The molecule has 1 aliphatic rings. The van der Waals surface area contributed by atoms with E-state index in [1.165, 1.54) is 0 Å². The number of ether oxygens (including phenoxy) is 1. The lowest BCUT2D eigenvalue weighted by Gasteiger charge is -2.30. The molecular formula is C23H19ClN2O3. The van der Waals surface area contributed by atoms with Gasteiger partial charge in [-0.3, -0.25) is 9.69 Å². The second-order valence-electron chi connectivity index (χ2n) is 6.66. The molecule has 0 fully saturated rings. The number of carbonyl (C=O) groups is 2. The van der Waals surface area contributed by atoms with Crippen LogP contribution in [0.3, 0.4) is 0 Å². The highest BCUT2D eigenvalue weighted by molar-refractivity contribution is 6.31. The zero-order chi connectivity index (χ0) is 20.2. The molecule has 0 aliphatic carbocycles. The minimum atomic E-state index is -0.441. The minimum Gasteiger partial charge on any atom is -0.444 e. The molecule has 1 N–H and O–H groups in total. The Labute approximate surface area is 173 Å². The second kappa shape index (κ2) is 8.37. The predicted octanol–water partition coefficient (Wildman–Crippen LogP) is 5.14. The van der Waals surface area contributed by atoms with Crippen molar-refractivity contribution in [2.45, 2.75) is 6.61 Å². The van der Waals surface area contributed by atoms with Crippen LogP contribution >= 0.6 is 11.6 Å². The molecule has 0 aromatic heterocycles. The van der Waals surface area contributed by atoms with Gasteiger partial charge in [0.2, 0.25) is 0 Å². The maximum Gasteiger partial charge on any atom is 0.414 e. The van der Waals surface area contributed by atoms with Gasteiger partial charge in [-0.1, -0.05) is 60.1 Å². The Balaban J connectivity index is 1.59. The summed E-state index contributed by atoms with van der Waals surface area (Å²) < 4.78 is 5.48. The van der Waals surface area contributed by atoms with Crippen LogP contribution in [0.15, 0.2) is 72.8 Å². The molecule has 1 aliphatic heterocycles. The molecule has 0 bridgehead atoms. The second-order valence-corrected chi connectivity index (χ2v) is 7.09. The average molecular weight is 407 g/mol. The number of hydrogen-bond acceptors (Lipinski definition) is 4. The van der Waals surface area contributed by atoms with Crippen molar-refractivity contribution in [2.24, 2.45) is 0 Å². The standard InChI is InChI=1S/C23H19ClN2O3/c24-18-9-4-8-17(14-18)22(27)19-10-5-11-20-21(19)25-12-13-26(20)23(28)29-15-16-6-2-1-3-7-16/h1-11,14,25H,12-13,15H2. The normalized spacial score (nSPS) is 12.7. The molecule has 3 aromatic rings. The van der Waals surface area contributed by atoms with E-state index in [1.54, 1.807) is 47.4 Å². The maximum absolute atomic E-state index is 13.0. The Hall–Kier alpha value is -3.31. The molecule has 3 aromatic carbocycles. The summed E-state index contributed by atoms with van der Waals surface area (Å²) in [7, 11) is 0.